The van der Waals surface area contributed by atoms with Crippen LogP contribution in [0.2, 0.25) is 0 Å². The van der Waals surface area contributed by atoms with Crippen LogP contribution in [0.1, 0.15) is 43.2 Å². The zero-order chi connectivity index (χ0) is 17.9. The van der Waals surface area contributed by atoms with Gasteiger partial charge in [0, 0.05) is 19.1 Å². The molecule has 140 valence electrons. The van der Waals surface area contributed by atoms with Crippen LogP contribution in [0.4, 0.5) is 13.2 Å². The molecule has 1 saturated heterocycles. The molecule has 1 aliphatic heterocycles. The van der Waals surface area contributed by atoms with Gasteiger partial charge in [-0.3, -0.25) is 4.90 Å². The Bertz CT molecular complexity index is 564. The van der Waals surface area contributed by atoms with Crippen molar-refractivity contribution in [3.63, 3.8) is 0 Å². The van der Waals surface area contributed by atoms with Gasteiger partial charge in [0.25, 0.3) is 0 Å². The fourth-order valence-corrected chi connectivity index (χ4v) is 4.09. The Morgan fingerprint density at radius 2 is 1.88 bits per heavy atom. The maximum absolute atomic E-state index is 13.1. The Hall–Kier alpha value is -1.11. The molecule has 1 unspecified atom stereocenters. The van der Waals surface area contributed by atoms with Crippen LogP contribution in [-0.2, 0) is 17.3 Å². The SMILES string of the molecule is OC1CCN([C@H]2CCCC[C@@H]2OCCc2ccccc2C(F)(F)F)C1. The first-order valence-corrected chi connectivity index (χ1v) is 9.14. The van der Waals surface area contributed by atoms with E-state index in [1.807, 2.05) is 0 Å². The second kappa shape index (κ2) is 8.06. The number of benzene rings is 1. The van der Waals surface area contributed by atoms with Gasteiger partial charge in [0.05, 0.1) is 24.4 Å². The summed E-state index contributed by atoms with van der Waals surface area (Å²) in [7, 11) is 0. The number of hydrogen-bond donors (Lipinski definition) is 1. The standard InChI is InChI=1S/C19H26F3NO2/c20-19(21,22)16-6-2-1-5-14(16)10-12-25-18-8-4-3-7-17(18)23-11-9-15(24)13-23/h1-2,5-6,15,17-18,24H,3-4,7-13H2/t15?,17-,18-/m0/s1. The average Bonchev–Trinajstić information content (AvgIpc) is 3.01. The van der Waals surface area contributed by atoms with Crippen LogP contribution in [0, 0.1) is 0 Å². The normalized spacial score (nSPS) is 28.4. The Morgan fingerprint density at radius 3 is 2.60 bits per heavy atom. The van der Waals surface area contributed by atoms with Crippen molar-refractivity contribution in [3.8, 4) is 0 Å². The van der Waals surface area contributed by atoms with E-state index in [1.54, 1.807) is 6.07 Å². The third kappa shape index (κ3) is 4.74. The van der Waals surface area contributed by atoms with E-state index in [1.165, 1.54) is 12.1 Å². The van der Waals surface area contributed by atoms with Crippen LogP contribution in [-0.4, -0.2) is 48.0 Å². The smallest absolute Gasteiger partial charge is 0.392 e. The van der Waals surface area contributed by atoms with Gasteiger partial charge in [-0.25, -0.2) is 0 Å². The molecule has 1 aromatic rings. The number of aliphatic hydroxyl groups excluding tert-OH is 1. The molecule has 0 amide bonds. The molecule has 0 radical (unpaired) electrons. The molecule has 0 aromatic heterocycles. The van der Waals surface area contributed by atoms with Crippen molar-refractivity contribution < 1.29 is 23.0 Å². The molecule has 2 aliphatic rings. The van der Waals surface area contributed by atoms with Gasteiger partial charge in [0.2, 0.25) is 0 Å². The summed E-state index contributed by atoms with van der Waals surface area (Å²) in [5.41, 5.74) is -0.277. The topological polar surface area (TPSA) is 32.7 Å². The summed E-state index contributed by atoms with van der Waals surface area (Å²) in [5, 5.41) is 9.76. The number of ether oxygens (including phenoxy) is 1. The summed E-state index contributed by atoms with van der Waals surface area (Å²) in [5.74, 6) is 0. The molecule has 3 rings (SSSR count). The summed E-state index contributed by atoms with van der Waals surface area (Å²) in [6, 6.07) is 6.00. The van der Waals surface area contributed by atoms with E-state index in [-0.39, 0.29) is 24.7 Å². The highest BCUT2D eigenvalue weighted by Gasteiger charge is 2.35. The lowest BCUT2D eigenvalue weighted by Gasteiger charge is -2.37. The first-order valence-electron chi connectivity index (χ1n) is 9.14. The molecule has 0 bridgehead atoms. The highest BCUT2D eigenvalue weighted by atomic mass is 19.4. The predicted molar refractivity (Wildman–Crippen MR) is 89.3 cm³/mol. The summed E-state index contributed by atoms with van der Waals surface area (Å²) < 4.78 is 45.2. The molecule has 2 fully saturated rings. The molecule has 3 nitrogen and oxygen atoms in total. The number of β-amino-alcohol motifs (C(OH)–C–C–N with tert-alkyl or cyclic N) is 1. The zero-order valence-corrected chi connectivity index (χ0v) is 14.3. The fraction of sp³-hybridized carbons (Fsp3) is 0.684. The van der Waals surface area contributed by atoms with Gasteiger partial charge in [-0.2, -0.15) is 13.2 Å². The van der Waals surface area contributed by atoms with Gasteiger partial charge < -0.3 is 9.84 Å². The number of rotatable bonds is 5. The summed E-state index contributed by atoms with van der Waals surface area (Å²) in [6.07, 6.45) is 0.747. The third-order valence-corrected chi connectivity index (χ3v) is 5.36. The molecule has 0 spiro atoms. The zero-order valence-electron chi connectivity index (χ0n) is 14.3. The molecule has 1 aliphatic carbocycles. The van der Waals surface area contributed by atoms with Gasteiger partial charge in [0.15, 0.2) is 0 Å². The molecule has 1 heterocycles. The molecule has 3 atom stereocenters. The molecule has 1 N–H and O–H groups in total. The van der Waals surface area contributed by atoms with Crippen LogP contribution in [0.25, 0.3) is 0 Å². The number of likely N-dealkylation sites (tertiary alicyclic amines) is 1. The summed E-state index contributed by atoms with van der Waals surface area (Å²) in [4.78, 5) is 2.29. The van der Waals surface area contributed by atoms with Crippen LogP contribution < -0.4 is 0 Å². The number of alkyl halides is 3. The maximum atomic E-state index is 13.1. The van der Waals surface area contributed by atoms with Gasteiger partial charge in [-0.05, 0) is 37.3 Å². The lowest BCUT2D eigenvalue weighted by molar-refractivity contribution is -0.138. The van der Waals surface area contributed by atoms with Crippen molar-refractivity contribution in [2.45, 2.75) is 63.0 Å². The van der Waals surface area contributed by atoms with E-state index in [0.717, 1.165) is 44.7 Å². The van der Waals surface area contributed by atoms with Gasteiger partial charge in [-0.15, -0.1) is 0 Å². The quantitative estimate of drug-likeness (QED) is 0.873. The first-order chi connectivity index (χ1) is 11.9. The monoisotopic (exact) mass is 357 g/mol. The van der Waals surface area contributed by atoms with E-state index >= 15 is 0 Å². The minimum absolute atomic E-state index is 0.0529. The van der Waals surface area contributed by atoms with Gasteiger partial charge in [0.1, 0.15) is 0 Å². The van der Waals surface area contributed by atoms with E-state index in [2.05, 4.69) is 4.90 Å². The van der Waals surface area contributed by atoms with Crippen LogP contribution in [0.5, 0.6) is 0 Å². The molecule has 1 saturated carbocycles. The Morgan fingerprint density at radius 1 is 1.12 bits per heavy atom. The van der Waals surface area contributed by atoms with Crippen LogP contribution >= 0.6 is 0 Å². The Labute approximate surface area is 146 Å². The summed E-state index contributed by atoms with van der Waals surface area (Å²) in [6.45, 7) is 1.86. The van der Waals surface area contributed by atoms with Crippen molar-refractivity contribution in [1.29, 1.82) is 0 Å². The summed E-state index contributed by atoms with van der Waals surface area (Å²) >= 11 is 0. The second-order valence-corrected chi connectivity index (χ2v) is 7.10. The van der Waals surface area contributed by atoms with Crippen LogP contribution in [0.3, 0.4) is 0 Å². The minimum atomic E-state index is -4.32. The number of aliphatic hydroxyl groups is 1. The predicted octanol–water partition coefficient (Wildman–Crippen LogP) is 3.64. The molecular formula is C19H26F3NO2. The third-order valence-electron chi connectivity index (χ3n) is 5.36. The van der Waals surface area contributed by atoms with Gasteiger partial charge in [-0.1, -0.05) is 31.0 Å². The van der Waals surface area contributed by atoms with Crippen molar-refractivity contribution in [2.75, 3.05) is 19.7 Å². The average molecular weight is 357 g/mol. The minimum Gasteiger partial charge on any atom is -0.392 e. The van der Waals surface area contributed by atoms with Crippen molar-refractivity contribution in [1.82, 2.24) is 4.90 Å². The molecule has 1 aromatic carbocycles. The fourth-order valence-electron chi connectivity index (χ4n) is 4.09. The molecular weight excluding hydrogens is 331 g/mol. The van der Waals surface area contributed by atoms with E-state index < -0.39 is 11.7 Å². The number of halogens is 3. The largest absolute Gasteiger partial charge is 0.416 e. The highest BCUT2D eigenvalue weighted by molar-refractivity contribution is 5.29. The van der Waals surface area contributed by atoms with Crippen LogP contribution in [0.15, 0.2) is 24.3 Å². The van der Waals surface area contributed by atoms with E-state index in [9.17, 15) is 18.3 Å². The van der Waals surface area contributed by atoms with Crippen molar-refractivity contribution in [2.24, 2.45) is 0 Å². The first kappa shape index (κ1) is 18.7. The lowest BCUT2D eigenvalue weighted by atomic mass is 9.91. The number of nitrogens with zero attached hydrogens (tertiary/aromatic N) is 1. The highest BCUT2D eigenvalue weighted by Crippen LogP contribution is 2.32. The Balaban J connectivity index is 1.57. The second-order valence-electron chi connectivity index (χ2n) is 7.10. The van der Waals surface area contributed by atoms with Crippen molar-refractivity contribution in [3.05, 3.63) is 35.4 Å². The Kier molecular flexibility index (Phi) is 6.02. The van der Waals surface area contributed by atoms with Crippen molar-refractivity contribution >= 4 is 0 Å². The van der Waals surface area contributed by atoms with E-state index in [4.69, 9.17) is 4.74 Å². The molecule has 25 heavy (non-hydrogen) atoms. The lowest BCUT2D eigenvalue weighted by Crippen LogP contribution is -2.46. The maximum Gasteiger partial charge on any atom is 0.416 e. The molecule has 6 heteroatoms. The number of hydrogen-bond acceptors (Lipinski definition) is 3. The van der Waals surface area contributed by atoms with E-state index in [0.29, 0.717) is 18.7 Å². The van der Waals surface area contributed by atoms with Gasteiger partial charge >= 0.3 is 6.18 Å².